The summed E-state index contributed by atoms with van der Waals surface area (Å²) in [5, 5.41) is 3.72. The lowest BCUT2D eigenvalue weighted by molar-refractivity contribution is 0.627. The molecule has 0 bridgehead atoms. The molecule has 0 radical (unpaired) electrons. The molecular formula is C8H7ClFN3O. The predicted octanol–water partition coefficient (Wildman–Crippen LogP) is 1.12. The molecule has 0 amide bonds. The number of aromatic nitrogens is 3. The summed E-state index contributed by atoms with van der Waals surface area (Å²) in [6, 6.07) is 2.97. The number of hydrogen-bond donors (Lipinski definition) is 1. The minimum absolute atomic E-state index is 0. The molecule has 2 aromatic heterocycles. The van der Waals surface area contributed by atoms with Gasteiger partial charge in [0.1, 0.15) is 0 Å². The van der Waals surface area contributed by atoms with E-state index in [0.717, 1.165) is 6.20 Å². The fourth-order valence-electron chi connectivity index (χ4n) is 1.02. The zero-order valence-corrected chi connectivity index (χ0v) is 7.79. The van der Waals surface area contributed by atoms with Crippen LogP contribution in [0.2, 0.25) is 0 Å². The van der Waals surface area contributed by atoms with Crippen LogP contribution in [-0.4, -0.2) is 14.8 Å². The van der Waals surface area contributed by atoms with E-state index < -0.39 is 5.82 Å². The minimum atomic E-state index is -0.430. The Labute approximate surface area is 84.8 Å². The molecule has 0 unspecified atom stereocenters. The molecule has 2 heterocycles. The van der Waals surface area contributed by atoms with Crippen molar-refractivity contribution in [1.29, 1.82) is 0 Å². The van der Waals surface area contributed by atoms with Crippen molar-refractivity contribution in [3.05, 3.63) is 46.9 Å². The summed E-state index contributed by atoms with van der Waals surface area (Å²) in [4.78, 5) is 13.3. The molecule has 0 aromatic carbocycles. The molecule has 1 N–H and O–H groups in total. The Kier molecular flexibility index (Phi) is 3.03. The van der Waals surface area contributed by atoms with Crippen LogP contribution in [0, 0.1) is 5.82 Å². The fraction of sp³-hybridized carbons (Fsp3) is 0. The number of rotatable bonds is 1. The highest BCUT2D eigenvalue weighted by Crippen LogP contribution is 2.02. The summed E-state index contributed by atoms with van der Waals surface area (Å²) in [5.41, 5.74) is 0.293. The van der Waals surface area contributed by atoms with Crippen LogP contribution in [0.5, 0.6) is 0 Å². The van der Waals surface area contributed by atoms with Crippen LogP contribution in [0.15, 0.2) is 35.5 Å². The topological polar surface area (TPSA) is 50.7 Å². The standard InChI is InChI=1S/C8H6FN3O.ClH/c9-6-4-11-12(5-6)7-1-2-10-8(13)3-7;/h1-5H,(H,10,13);1H. The van der Waals surface area contributed by atoms with Gasteiger partial charge in [-0.15, -0.1) is 12.4 Å². The number of nitrogens with zero attached hydrogens (tertiary/aromatic N) is 2. The van der Waals surface area contributed by atoms with E-state index >= 15 is 0 Å². The molecule has 0 fully saturated rings. The molecule has 14 heavy (non-hydrogen) atoms. The van der Waals surface area contributed by atoms with Crippen molar-refractivity contribution in [3.63, 3.8) is 0 Å². The molecule has 0 aliphatic heterocycles. The molecule has 0 aliphatic rings. The molecule has 2 rings (SSSR count). The first kappa shape index (κ1) is 10.5. The van der Waals surface area contributed by atoms with Gasteiger partial charge in [-0.1, -0.05) is 0 Å². The zero-order valence-electron chi connectivity index (χ0n) is 6.98. The van der Waals surface area contributed by atoms with E-state index in [1.807, 2.05) is 0 Å². The number of pyridine rings is 1. The second-order valence-electron chi connectivity index (χ2n) is 2.51. The fourth-order valence-corrected chi connectivity index (χ4v) is 1.02. The van der Waals surface area contributed by atoms with Gasteiger partial charge in [0.05, 0.1) is 18.1 Å². The molecule has 0 saturated heterocycles. The number of nitrogens with one attached hydrogen (secondary N) is 1. The maximum Gasteiger partial charge on any atom is 0.250 e. The first-order chi connectivity index (χ1) is 6.25. The van der Waals surface area contributed by atoms with Gasteiger partial charge >= 0.3 is 0 Å². The van der Waals surface area contributed by atoms with E-state index in [0.29, 0.717) is 5.69 Å². The summed E-state index contributed by atoms with van der Waals surface area (Å²) in [5.74, 6) is -0.430. The van der Waals surface area contributed by atoms with Gasteiger partial charge in [-0.2, -0.15) is 5.10 Å². The minimum Gasteiger partial charge on any atom is -0.329 e. The third kappa shape index (κ3) is 2.00. The normalized spacial score (nSPS) is 9.50. The lowest BCUT2D eigenvalue weighted by Crippen LogP contribution is -2.06. The zero-order chi connectivity index (χ0) is 9.26. The molecule has 0 spiro atoms. The second-order valence-corrected chi connectivity index (χ2v) is 2.51. The third-order valence-electron chi connectivity index (χ3n) is 1.57. The van der Waals surface area contributed by atoms with Gasteiger partial charge < -0.3 is 4.98 Å². The van der Waals surface area contributed by atoms with Crippen LogP contribution < -0.4 is 5.56 Å². The van der Waals surface area contributed by atoms with Crippen LogP contribution >= 0.6 is 12.4 Å². The van der Waals surface area contributed by atoms with Crippen molar-refractivity contribution in [2.45, 2.75) is 0 Å². The molecule has 6 heteroatoms. The highest BCUT2D eigenvalue weighted by molar-refractivity contribution is 5.85. The summed E-state index contributed by atoms with van der Waals surface area (Å²) < 4.78 is 13.8. The molecule has 0 aliphatic carbocycles. The van der Waals surface area contributed by atoms with E-state index in [2.05, 4.69) is 10.1 Å². The van der Waals surface area contributed by atoms with E-state index in [1.165, 1.54) is 23.1 Å². The van der Waals surface area contributed by atoms with Crippen molar-refractivity contribution in [2.75, 3.05) is 0 Å². The second kappa shape index (κ2) is 4.06. The molecule has 74 valence electrons. The van der Waals surface area contributed by atoms with Crippen molar-refractivity contribution < 1.29 is 4.39 Å². The number of H-pyrrole nitrogens is 1. The molecule has 0 saturated carbocycles. The Bertz CT molecular complexity index is 479. The Balaban J connectivity index is 0.000000980. The molecule has 4 nitrogen and oxygen atoms in total. The highest BCUT2D eigenvalue weighted by atomic mass is 35.5. The maximum absolute atomic E-state index is 12.5. The Morgan fingerprint density at radius 1 is 1.50 bits per heavy atom. The van der Waals surface area contributed by atoms with Gasteiger partial charge in [0.25, 0.3) is 0 Å². The van der Waals surface area contributed by atoms with Gasteiger partial charge in [0.2, 0.25) is 5.56 Å². The average molecular weight is 216 g/mol. The van der Waals surface area contributed by atoms with Gasteiger partial charge in [0.15, 0.2) is 5.82 Å². The summed E-state index contributed by atoms with van der Waals surface area (Å²) in [7, 11) is 0. The van der Waals surface area contributed by atoms with Crippen molar-refractivity contribution >= 4 is 12.4 Å². The van der Waals surface area contributed by atoms with Crippen LogP contribution in [0.3, 0.4) is 0 Å². The lowest BCUT2D eigenvalue weighted by atomic mass is 10.4. The molecule has 0 atom stereocenters. The Hall–Kier alpha value is -1.62. The van der Waals surface area contributed by atoms with E-state index in [4.69, 9.17) is 0 Å². The average Bonchev–Trinajstić information content (AvgIpc) is 2.52. The summed E-state index contributed by atoms with van der Waals surface area (Å²) >= 11 is 0. The smallest absolute Gasteiger partial charge is 0.250 e. The van der Waals surface area contributed by atoms with Crippen LogP contribution in [0.4, 0.5) is 4.39 Å². The van der Waals surface area contributed by atoms with E-state index in [9.17, 15) is 9.18 Å². The summed E-state index contributed by atoms with van der Waals surface area (Å²) in [6.07, 6.45) is 3.77. The van der Waals surface area contributed by atoms with E-state index in [-0.39, 0.29) is 18.0 Å². The molecular weight excluding hydrogens is 209 g/mol. The first-order valence-electron chi connectivity index (χ1n) is 3.65. The third-order valence-corrected chi connectivity index (χ3v) is 1.57. The predicted molar refractivity (Wildman–Crippen MR) is 51.4 cm³/mol. The van der Waals surface area contributed by atoms with Crippen LogP contribution in [-0.2, 0) is 0 Å². The van der Waals surface area contributed by atoms with Crippen molar-refractivity contribution in [1.82, 2.24) is 14.8 Å². The van der Waals surface area contributed by atoms with E-state index in [1.54, 1.807) is 6.07 Å². The lowest BCUT2D eigenvalue weighted by Gasteiger charge is -1.97. The largest absolute Gasteiger partial charge is 0.329 e. The van der Waals surface area contributed by atoms with Crippen molar-refractivity contribution in [2.24, 2.45) is 0 Å². The monoisotopic (exact) mass is 215 g/mol. The quantitative estimate of drug-likeness (QED) is 0.775. The summed E-state index contributed by atoms with van der Waals surface area (Å²) in [6.45, 7) is 0. The van der Waals surface area contributed by atoms with Gasteiger partial charge in [0, 0.05) is 12.3 Å². The molecule has 2 aromatic rings. The van der Waals surface area contributed by atoms with Crippen LogP contribution in [0.1, 0.15) is 0 Å². The Morgan fingerprint density at radius 2 is 2.29 bits per heavy atom. The number of hydrogen-bond acceptors (Lipinski definition) is 2. The number of halogens is 2. The highest BCUT2D eigenvalue weighted by Gasteiger charge is 1.99. The van der Waals surface area contributed by atoms with Gasteiger partial charge in [-0.25, -0.2) is 9.07 Å². The van der Waals surface area contributed by atoms with Gasteiger partial charge in [-0.05, 0) is 6.07 Å². The maximum atomic E-state index is 12.5. The van der Waals surface area contributed by atoms with Gasteiger partial charge in [-0.3, -0.25) is 4.79 Å². The number of aromatic amines is 1. The SMILES string of the molecule is Cl.O=c1cc(-n2cc(F)cn2)cc[nH]1. The Morgan fingerprint density at radius 3 is 2.86 bits per heavy atom. The van der Waals surface area contributed by atoms with Crippen LogP contribution in [0.25, 0.3) is 5.69 Å². The first-order valence-corrected chi connectivity index (χ1v) is 3.65. The van der Waals surface area contributed by atoms with Crippen molar-refractivity contribution in [3.8, 4) is 5.69 Å².